The predicted molar refractivity (Wildman–Crippen MR) is 77.9 cm³/mol. The van der Waals surface area contributed by atoms with Gasteiger partial charge in [-0.1, -0.05) is 24.3 Å². The van der Waals surface area contributed by atoms with Crippen molar-refractivity contribution in [2.24, 2.45) is 0 Å². The van der Waals surface area contributed by atoms with Crippen LogP contribution in [0, 0.1) is 0 Å². The molecule has 0 atom stereocenters. The van der Waals surface area contributed by atoms with E-state index in [0.717, 1.165) is 13.0 Å². The van der Waals surface area contributed by atoms with Crippen molar-refractivity contribution < 1.29 is 4.79 Å². The second-order valence-corrected chi connectivity index (χ2v) is 5.22. The van der Waals surface area contributed by atoms with Crippen LogP contribution in [0.5, 0.6) is 0 Å². The first kappa shape index (κ1) is 12.1. The summed E-state index contributed by atoms with van der Waals surface area (Å²) in [6.45, 7) is 1.43. The number of fused-ring (bicyclic) bond motifs is 2. The minimum Gasteiger partial charge on any atom is -0.334 e. The van der Waals surface area contributed by atoms with E-state index in [0.29, 0.717) is 17.8 Å². The molecule has 5 heteroatoms. The van der Waals surface area contributed by atoms with Gasteiger partial charge in [0, 0.05) is 24.8 Å². The summed E-state index contributed by atoms with van der Waals surface area (Å²) in [4.78, 5) is 18.7. The number of amides is 1. The zero-order valence-electron chi connectivity index (χ0n) is 11.4. The van der Waals surface area contributed by atoms with Crippen molar-refractivity contribution >= 4 is 11.6 Å². The van der Waals surface area contributed by atoms with Crippen molar-refractivity contribution in [3.63, 3.8) is 0 Å². The van der Waals surface area contributed by atoms with Crippen LogP contribution < -0.4 is 0 Å². The van der Waals surface area contributed by atoms with Crippen molar-refractivity contribution in [3.8, 4) is 0 Å². The van der Waals surface area contributed by atoms with Crippen LogP contribution in [0.3, 0.4) is 0 Å². The molecule has 0 saturated heterocycles. The third-order valence-electron chi connectivity index (χ3n) is 3.95. The fourth-order valence-corrected chi connectivity index (χ4v) is 2.80. The Balaban J connectivity index is 1.63. The van der Waals surface area contributed by atoms with Gasteiger partial charge in [0.1, 0.15) is 6.33 Å². The molecule has 21 heavy (non-hydrogen) atoms. The van der Waals surface area contributed by atoms with Crippen molar-refractivity contribution in [1.29, 1.82) is 0 Å². The number of hydrogen-bond acceptors (Lipinski definition) is 3. The molecule has 104 valence electrons. The summed E-state index contributed by atoms with van der Waals surface area (Å²) in [5.41, 5.74) is 3.93. The quantitative estimate of drug-likeness (QED) is 0.683. The van der Waals surface area contributed by atoms with E-state index >= 15 is 0 Å². The molecular formula is C16H14N4O. The zero-order valence-corrected chi connectivity index (χ0v) is 11.4. The summed E-state index contributed by atoms with van der Waals surface area (Å²) in [6, 6.07) is 11.9. The molecule has 0 fully saturated rings. The summed E-state index contributed by atoms with van der Waals surface area (Å²) < 4.78 is 1.66. The van der Waals surface area contributed by atoms with Gasteiger partial charge in [0.2, 0.25) is 0 Å². The number of aromatic nitrogens is 3. The summed E-state index contributed by atoms with van der Waals surface area (Å²) in [6.07, 6.45) is 4.17. The second kappa shape index (κ2) is 4.70. The smallest absolute Gasteiger partial charge is 0.254 e. The lowest BCUT2D eigenvalue weighted by molar-refractivity contribution is 0.0734. The van der Waals surface area contributed by atoms with Crippen LogP contribution in [0.15, 0.2) is 48.9 Å². The molecule has 0 spiro atoms. The maximum atomic E-state index is 12.6. The van der Waals surface area contributed by atoms with Gasteiger partial charge in [-0.15, -0.1) is 0 Å². The highest BCUT2D eigenvalue weighted by Crippen LogP contribution is 2.20. The zero-order chi connectivity index (χ0) is 14.2. The van der Waals surface area contributed by atoms with E-state index in [-0.39, 0.29) is 5.91 Å². The SMILES string of the molecule is O=C(c1ccn2ncnc2c1)N1CCc2ccccc2C1. The van der Waals surface area contributed by atoms with Gasteiger partial charge in [0.05, 0.1) is 0 Å². The summed E-state index contributed by atoms with van der Waals surface area (Å²) >= 11 is 0. The number of nitrogens with zero attached hydrogens (tertiary/aromatic N) is 4. The number of benzene rings is 1. The molecule has 0 unspecified atom stereocenters. The average Bonchev–Trinajstić information content (AvgIpc) is 3.01. The Morgan fingerprint density at radius 3 is 2.90 bits per heavy atom. The molecular weight excluding hydrogens is 264 g/mol. The van der Waals surface area contributed by atoms with E-state index in [9.17, 15) is 4.79 Å². The summed E-state index contributed by atoms with van der Waals surface area (Å²) in [7, 11) is 0. The monoisotopic (exact) mass is 278 g/mol. The molecule has 5 nitrogen and oxygen atoms in total. The lowest BCUT2D eigenvalue weighted by Crippen LogP contribution is -2.35. The lowest BCUT2D eigenvalue weighted by atomic mass is 9.99. The minimum atomic E-state index is 0.0509. The second-order valence-electron chi connectivity index (χ2n) is 5.22. The number of carbonyl (C=O) groups excluding carboxylic acids is 1. The number of rotatable bonds is 1. The van der Waals surface area contributed by atoms with E-state index in [4.69, 9.17) is 0 Å². The number of hydrogen-bond donors (Lipinski definition) is 0. The maximum Gasteiger partial charge on any atom is 0.254 e. The van der Waals surface area contributed by atoms with Crippen LogP contribution in [0.25, 0.3) is 5.65 Å². The van der Waals surface area contributed by atoms with Gasteiger partial charge in [-0.25, -0.2) is 9.50 Å². The Bertz CT molecular complexity index is 824. The Morgan fingerprint density at radius 1 is 1.14 bits per heavy atom. The van der Waals surface area contributed by atoms with Gasteiger partial charge < -0.3 is 4.90 Å². The molecule has 0 radical (unpaired) electrons. The van der Waals surface area contributed by atoms with Gasteiger partial charge >= 0.3 is 0 Å². The first-order valence-corrected chi connectivity index (χ1v) is 6.97. The molecule has 0 N–H and O–H groups in total. The third-order valence-corrected chi connectivity index (χ3v) is 3.95. The summed E-state index contributed by atoms with van der Waals surface area (Å²) in [5, 5.41) is 4.04. The Hall–Kier alpha value is -2.69. The van der Waals surface area contributed by atoms with Gasteiger partial charge in [-0.3, -0.25) is 4.79 Å². The van der Waals surface area contributed by atoms with E-state index in [1.807, 2.05) is 11.0 Å². The molecule has 1 aliphatic rings. The Labute approximate surface area is 121 Å². The number of carbonyl (C=O) groups is 1. The van der Waals surface area contributed by atoms with E-state index in [1.165, 1.54) is 17.5 Å². The first-order chi connectivity index (χ1) is 10.3. The van der Waals surface area contributed by atoms with Crippen molar-refractivity contribution in [2.45, 2.75) is 13.0 Å². The first-order valence-electron chi connectivity index (χ1n) is 6.97. The van der Waals surface area contributed by atoms with Crippen LogP contribution in [0.1, 0.15) is 21.5 Å². The van der Waals surface area contributed by atoms with Crippen molar-refractivity contribution in [3.05, 3.63) is 65.6 Å². The third kappa shape index (κ3) is 2.07. The van der Waals surface area contributed by atoms with Gasteiger partial charge in [0.15, 0.2) is 5.65 Å². The highest BCUT2D eigenvalue weighted by atomic mass is 16.2. The Kier molecular flexibility index (Phi) is 2.70. The minimum absolute atomic E-state index is 0.0509. The Morgan fingerprint density at radius 2 is 2.00 bits per heavy atom. The molecule has 1 aromatic carbocycles. The van der Waals surface area contributed by atoms with Crippen molar-refractivity contribution in [1.82, 2.24) is 19.5 Å². The maximum absolute atomic E-state index is 12.6. The largest absolute Gasteiger partial charge is 0.334 e. The van der Waals surface area contributed by atoms with Gasteiger partial charge in [-0.2, -0.15) is 5.10 Å². The van der Waals surface area contributed by atoms with Crippen LogP contribution >= 0.6 is 0 Å². The molecule has 1 aliphatic heterocycles. The molecule has 2 aromatic heterocycles. The van der Waals surface area contributed by atoms with Crippen LogP contribution in [-0.4, -0.2) is 31.9 Å². The standard InChI is InChI=1S/C16H14N4O/c21-16(13-6-8-20-15(9-13)17-11-18-20)19-7-5-12-3-1-2-4-14(12)10-19/h1-4,6,8-9,11H,5,7,10H2. The molecule has 3 aromatic rings. The molecule has 0 aliphatic carbocycles. The molecule has 1 amide bonds. The normalized spacial score (nSPS) is 14.2. The van der Waals surface area contributed by atoms with Crippen molar-refractivity contribution in [2.75, 3.05) is 6.54 Å². The highest BCUT2D eigenvalue weighted by Gasteiger charge is 2.21. The van der Waals surface area contributed by atoms with Crippen LogP contribution in [0.4, 0.5) is 0 Å². The fraction of sp³-hybridized carbons (Fsp3) is 0.188. The molecule has 0 bridgehead atoms. The topological polar surface area (TPSA) is 50.5 Å². The average molecular weight is 278 g/mol. The van der Waals surface area contributed by atoms with E-state index < -0.39 is 0 Å². The highest BCUT2D eigenvalue weighted by molar-refractivity contribution is 5.95. The fourth-order valence-electron chi connectivity index (χ4n) is 2.80. The van der Waals surface area contributed by atoms with Crippen LogP contribution in [-0.2, 0) is 13.0 Å². The lowest BCUT2D eigenvalue weighted by Gasteiger charge is -2.28. The molecule has 0 saturated carbocycles. The van der Waals surface area contributed by atoms with Crippen LogP contribution in [0.2, 0.25) is 0 Å². The predicted octanol–water partition coefficient (Wildman–Crippen LogP) is 1.93. The molecule has 3 heterocycles. The van der Waals surface area contributed by atoms with E-state index in [2.05, 4.69) is 28.3 Å². The summed E-state index contributed by atoms with van der Waals surface area (Å²) in [5.74, 6) is 0.0509. The molecule has 4 rings (SSSR count). The van der Waals surface area contributed by atoms with E-state index in [1.54, 1.807) is 22.8 Å². The number of pyridine rings is 1. The van der Waals surface area contributed by atoms with Gasteiger partial charge in [0.25, 0.3) is 5.91 Å². The van der Waals surface area contributed by atoms with Gasteiger partial charge in [-0.05, 0) is 29.7 Å².